The van der Waals surface area contributed by atoms with Crippen LogP contribution in [0.5, 0.6) is 5.75 Å². The molecule has 1 amide bonds. The topological polar surface area (TPSA) is 64.3 Å². The molecule has 1 aliphatic carbocycles. The van der Waals surface area contributed by atoms with E-state index in [1.54, 1.807) is 7.11 Å². The van der Waals surface area contributed by atoms with Crippen LogP contribution >= 0.6 is 12.4 Å². The van der Waals surface area contributed by atoms with Crippen LogP contribution in [0, 0.1) is 0 Å². The third-order valence-corrected chi connectivity index (χ3v) is 3.29. The molecule has 0 radical (unpaired) electrons. The SMILES string of the molecule is COc1cccc2c1CCC2NC(=O)CC(C)N.Cl. The Labute approximate surface area is 120 Å². The molecule has 0 bridgehead atoms. The number of carbonyl (C=O) groups is 1. The van der Waals surface area contributed by atoms with Gasteiger partial charge in [0.2, 0.25) is 5.91 Å². The van der Waals surface area contributed by atoms with Crippen molar-refractivity contribution < 1.29 is 9.53 Å². The zero-order chi connectivity index (χ0) is 13.1. The van der Waals surface area contributed by atoms with Crippen molar-refractivity contribution in [1.29, 1.82) is 0 Å². The summed E-state index contributed by atoms with van der Waals surface area (Å²) in [5.74, 6) is 0.933. The largest absolute Gasteiger partial charge is 0.496 e. The van der Waals surface area contributed by atoms with Crippen molar-refractivity contribution in [1.82, 2.24) is 5.32 Å². The number of hydrogen-bond acceptors (Lipinski definition) is 3. The van der Waals surface area contributed by atoms with Crippen LogP contribution in [-0.2, 0) is 11.2 Å². The van der Waals surface area contributed by atoms with Crippen LogP contribution < -0.4 is 15.8 Å². The predicted molar refractivity (Wildman–Crippen MR) is 77.7 cm³/mol. The van der Waals surface area contributed by atoms with Gasteiger partial charge in [-0.2, -0.15) is 0 Å². The number of fused-ring (bicyclic) bond motifs is 1. The molecule has 0 saturated heterocycles. The molecule has 2 unspecified atom stereocenters. The molecular weight excluding hydrogens is 264 g/mol. The number of nitrogens with two attached hydrogens (primary N) is 1. The van der Waals surface area contributed by atoms with Gasteiger partial charge in [-0.05, 0) is 37.0 Å². The van der Waals surface area contributed by atoms with E-state index < -0.39 is 0 Å². The minimum atomic E-state index is -0.101. The van der Waals surface area contributed by atoms with Crippen molar-refractivity contribution in [2.24, 2.45) is 5.73 Å². The van der Waals surface area contributed by atoms with Crippen molar-refractivity contribution in [3.8, 4) is 5.75 Å². The normalized spacial score (nSPS) is 18.2. The van der Waals surface area contributed by atoms with Gasteiger partial charge in [0.1, 0.15) is 5.75 Å². The molecule has 1 aliphatic rings. The molecule has 5 heteroatoms. The summed E-state index contributed by atoms with van der Waals surface area (Å²) < 4.78 is 5.34. The van der Waals surface area contributed by atoms with Gasteiger partial charge in [-0.3, -0.25) is 4.79 Å². The zero-order valence-electron chi connectivity index (χ0n) is 11.3. The third kappa shape index (κ3) is 3.61. The highest BCUT2D eigenvalue weighted by Crippen LogP contribution is 2.36. The Morgan fingerprint density at radius 3 is 2.95 bits per heavy atom. The van der Waals surface area contributed by atoms with Crippen molar-refractivity contribution in [2.75, 3.05) is 7.11 Å². The number of methoxy groups -OCH3 is 1. The Morgan fingerprint density at radius 2 is 2.32 bits per heavy atom. The second-order valence-corrected chi connectivity index (χ2v) is 4.87. The summed E-state index contributed by atoms with van der Waals surface area (Å²) in [6.07, 6.45) is 2.25. The van der Waals surface area contributed by atoms with E-state index in [1.165, 1.54) is 11.1 Å². The summed E-state index contributed by atoms with van der Waals surface area (Å²) in [5.41, 5.74) is 8.01. The molecular formula is C14H21ClN2O2. The number of amides is 1. The molecule has 0 aliphatic heterocycles. The summed E-state index contributed by atoms with van der Waals surface area (Å²) in [5, 5.41) is 3.04. The highest BCUT2D eigenvalue weighted by Gasteiger charge is 2.26. The van der Waals surface area contributed by atoms with Crippen molar-refractivity contribution in [2.45, 2.75) is 38.3 Å². The Morgan fingerprint density at radius 1 is 1.58 bits per heavy atom. The van der Waals surface area contributed by atoms with Gasteiger partial charge in [-0.1, -0.05) is 12.1 Å². The van der Waals surface area contributed by atoms with Crippen molar-refractivity contribution in [3.63, 3.8) is 0 Å². The van der Waals surface area contributed by atoms with Gasteiger partial charge in [-0.15, -0.1) is 12.4 Å². The Bertz CT molecular complexity index is 449. The molecule has 2 rings (SSSR count). The molecule has 4 nitrogen and oxygen atoms in total. The van der Waals surface area contributed by atoms with Gasteiger partial charge in [0.25, 0.3) is 0 Å². The Kier molecular flexibility index (Phi) is 5.63. The highest BCUT2D eigenvalue weighted by atomic mass is 35.5. The summed E-state index contributed by atoms with van der Waals surface area (Å²) in [6, 6.07) is 5.98. The summed E-state index contributed by atoms with van der Waals surface area (Å²) in [4.78, 5) is 11.8. The van der Waals surface area contributed by atoms with Gasteiger partial charge in [-0.25, -0.2) is 0 Å². The summed E-state index contributed by atoms with van der Waals surface area (Å²) >= 11 is 0. The lowest BCUT2D eigenvalue weighted by atomic mass is 10.1. The van der Waals surface area contributed by atoms with Crippen molar-refractivity contribution >= 4 is 18.3 Å². The average molecular weight is 285 g/mol. The van der Waals surface area contributed by atoms with Gasteiger partial charge in [0, 0.05) is 12.5 Å². The molecule has 1 aromatic rings. The van der Waals surface area contributed by atoms with Crippen LogP contribution in [-0.4, -0.2) is 19.1 Å². The first kappa shape index (κ1) is 15.8. The van der Waals surface area contributed by atoms with Gasteiger partial charge >= 0.3 is 0 Å². The number of benzene rings is 1. The fourth-order valence-corrected chi connectivity index (χ4v) is 2.51. The summed E-state index contributed by atoms with van der Waals surface area (Å²) in [6.45, 7) is 1.84. The van der Waals surface area contributed by atoms with E-state index in [4.69, 9.17) is 10.5 Å². The van der Waals surface area contributed by atoms with Crippen molar-refractivity contribution in [3.05, 3.63) is 29.3 Å². The van der Waals surface area contributed by atoms with E-state index >= 15 is 0 Å². The standard InChI is InChI=1S/C14H20N2O2.ClH/c1-9(15)8-14(17)16-12-7-6-11-10(12)4-3-5-13(11)18-2;/h3-5,9,12H,6-8,15H2,1-2H3,(H,16,17);1H. The van der Waals surface area contributed by atoms with Gasteiger partial charge < -0.3 is 15.8 Å². The van der Waals surface area contributed by atoms with E-state index in [0.29, 0.717) is 6.42 Å². The van der Waals surface area contributed by atoms with E-state index in [9.17, 15) is 4.79 Å². The van der Waals surface area contributed by atoms with Crippen LogP contribution in [0.1, 0.15) is 36.9 Å². The first-order valence-corrected chi connectivity index (χ1v) is 6.32. The average Bonchev–Trinajstić information content (AvgIpc) is 2.71. The van der Waals surface area contributed by atoms with E-state index in [0.717, 1.165) is 18.6 Å². The fourth-order valence-electron chi connectivity index (χ4n) is 2.51. The molecule has 1 aromatic carbocycles. The number of ether oxygens (including phenoxy) is 1. The molecule has 0 spiro atoms. The Hall–Kier alpha value is -1.26. The second-order valence-electron chi connectivity index (χ2n) is 4.87. The fraction of sp³-hybridized carbons (Fsp3) is 0.500. The van der Waals surface area contributed by atoms with E-state index in [2.05, 4.69) is 11.4 Å². The molecule has 0 fully saturated rings. The van der Waals surface area contributed by atoms with Crippen LogP contribution in [0.2, 0.25) is 0 Å². The number of nitrogens with one attached hydrogen (secondary N) is 1. The quantitative estimate of drug-likeness (QED) is 0.888. The van der Waals surface area contributed by atoms with Crippen LogP contribution in [0.4, 0.5) is 0 Å². The first-order valence-electron chi connectivity index (χ1n) is 6.32. The van der Waals surface area contributed by atoms with Crippen LogP contribution in [0.15, 0.2) is 18.2 Å². The lowest BCUT2D eigenvalue weighted by Gasteiger charge is -2.15. The first-order chi connectivity index (χ1) is 8.61. The van der Waals surface area contributed by atoms with Gasteiger partial charge in [0.15, 0.2) is 0 Å². The van der Waals surface area contributed by atoms with E-state index in [1.807, 2.05) is 19.1 Å². The minimum absolute atomic E-state index is 0. The molecule has 0 heterocycles. The van der Waals surface area contributed by atoms with Gasteiger partial charge in [0.05, 0.1) is 13.2 Å². The number of hydrogen-bond donors (Lipinski definition) is 2. The maximum atomic E-state index is 11.8. The maximum Gasteiger partial charge on any atom is 0.222 e. The van der Waals surface area contributed by atoms with E-state index in [-0.39, 0.29) is 30.4 Å². The molecule has 2 atom stereocenters. The minimum Gasteiger partial charge on any atom is -0.496 e. The molecule has 3 N–H and O–H groups in total. The molecule has 0 aromatic heterocycles. The number of halogens is 1. The smallest absolute Gasteiger partial charge is 0.222 e. The number of rotatable bonds is 4. The van der Waals surface area contributed by atoms with Crippen LogP contribution in [0.25, 0.3) is 0 Å². The lowest BCUT2D eigenvalue weighted by molar-refractivity contribution is -0.122. The monoisotopic (exact) mass is 284 g/mol. The molecule has 106 valence electrons. The lowest BCUT2D eigenvalue weighted by Crippen LogP contribution is -2.32. The second kappa shape index (κ2) is 6.78. The zero-order valence-corrected chi connectivity index (χ0v) is 12.1. The molecule has 0 saturated carbocycles. The summed E-state index contributed by atoms with van der Waals surface area (Å²) in [7, 11) is 1.68. The maximum absolute atomic E-state index is 11.8. The third-order valence-electron chi connectivity index (χ3n) is 3.29. The number of carbonyl (C=O) groups excluding carboxylic acids is 1. The predicted octanol–water partition coefficient (Wildman–Crippen LogP) is 1.96. The Balaban J connectivity index is 0.00000180. The van der Waals surface area contributed by atoms with Crippen LogP contribution in [0.3, 0.4) is 0 Å². The molecule has 19 heavy (non-hydrogen) atoms. The highest BCUT2D eigenvalue weighted by molar-refractivity contribution is 5.85.